The average molecular weight is 246 g/mol. The maximum absolute atomic E-state index is 9.27. The number of hydrazine groups is 1. The first-order valence-corrected chi connectivity index (χ1v) is 5.30. The van der Waals surface area contributed by atoms with Crippen LogP contribution in [-0.2, 0) is 0 Å². The number of anilines is 2. The van der Waals surface area contributed by atoms with Gasteiger partial charge in [-0.15, -0.1) is 0 Å². The van der Waals surface area contributed by atoms with Crippen molar-refractivity contribution in [2.75, 3.05) is 17.3 Å². The van der Waals surface area contributed by atoms with Crippen LogP contribution in [0.2, 0.25) is 5.02 Å². The highest BCUT2D eigenvalue weighted by Crippen LogP contribution is 2.24. The first kappa shape index (κ1) is 13.0. The zero-order valence-electron chi connectivity index (χ0n) is 9.29. The predicted molar refractivity (Wildman–Crippen MR) is 64.3 cm³/mol. The van der Waals surface area contributed by atoms with Gasteiger partial charge in [-0.3, -0.25) is 5.43 Å². The van der Waals surface area contributed by atoms with Crippen molar-refractivity contribution >= 4 is 23.4 Å². The van der Waals surface area contributed by atoms with Crippen molar-refractivity contribution in [2.24, 2.45) is 5.84 Å². The van der Waals surface area contributed by atoms with Crippen molar-refractivity contribution in [3.8, 4) is 0 Å². The third-order valence-electron chi connectivity index (χ3n) is 2.42. The van der Waals surface area contributed by atoms with Crippen LogP contribution in [0, 0.1) is 0 Å². The molecule has 6 nitrogen and oxygen atoms in total. The minimum atomic E-state index is -0.468. The SMILES string of the molecule is CCC(C)(CO)Nc1nc(NN)ncc1Cl. The number of halogens is 1. The Balaban J connectivity index is 2.95. The smallest absolute Gasteiger partial charge is 0.239 e. The van der Waals surface area contributed by atoms with E-state index in [2.05, 4.69) is 20.7 Å². The van der Waals surface area contributed by atoms with Crippen LogP contribution in [0.1, 0.15) is 20.3 Å². The molecule has 1 aromatic heterocycles. The topological polar surface area (TPSA) is 96.1 Å². The Morgan fingerprint density at radius 2 is 2.31 bits per heavy atom. The molecule has 0 aliphatic carbocycles. The van der Waals surface area contributed by atoms with Crippen LogP contribution in [0.4, 0.5) is 11.8 Å². The van der Waals surface area contributed by atoms with Crippen LogP contribution in [0.15, 0.2) is 6.20 Å². The summed E-state index contributed by atoms with van der Waals surface area (Å²) >= 11 is 5.94. The molecule has 0 bridgehead atoms. The Hall–Kier alpha value is -1.11. The molecule has 5 N–H and O–H groups in total. The summed E-state index contributed by atoms with van der Waals surface area (Å²) in [5.74, 6) is 5.92. The van der Waals surface area contributed by atoms with E-state index in [9.17, 15) is 5.11 Å². The molecule has 0 saturated heterocycles. The molecule has 0 spiro atoms. The molecule has 0 fully saturated rings. The van der Waals surface area contributed by atoms with Gasteiger partial charge in [0.1, 0.15) is 5.02 Å². The average Bonchev–Trinajstić information content (AvgIpc) is 2.32. The second-order valence-corrected chi connectivity index (χ2v) is 4.14. The summed E-state index contributed by atoms with van der Waals surface area (Å²) in [6, 6.07) is 0. The third-order valence-corrected chi connectivity index (χ3v) is 2.70. The molecular weight excluding hydrogens is 230 g/mol. The second-order valence-electron chi connectivity index (χ2n) is 3.73. The summed E-state index contributed by atoms with van der Waals surface area (Å²) in [4.78, 5) is 7.93. The summed E-state index contributed by atoms with van der Waals surface area (Å²) in [7, 11) is 0. The molecule has 0 radical (unpaired) electrons. The van der Waals surface area contributed by atoms with E-state index in [0.717, 1.165) is 6.42 Å². The van der Waals surface area contributed by atoms with Crippen LogP contribution in [0.3, 0.4) is 0 Å². The first-order valence-electron chi connectivity index (χ1n) is 4.93. The lowest BCUT2D eigenvalue weighted by atomic mass is 10.0. The summed E-state index contributed by atoms with van der Waals surface area (Å²) in [5, 5.41) is 12.7. The van der Waals surface area contributed by atoms with Crippen molar-refractivity contribution in [3.05, 3.63) is 11.2 Å². The number of nitrogens with one attached hydrogen (secondary N) is 2. The molecule has 0 saturated carbocycles. The molecule has 1 unspecified atom stereocenters. The number of nitrogen functional groups attached to an aromatic ring is 1. The lowest BCUT2D eigenvalue weighted by molar-refractivity contribution is 0.218. The van der Waals surface area contributed by atoms with Crippen LogP contribution in [0.25, 0.3) is 0 Å². The Kier molecular flexibility index (Phi) is 4.28. The van der Waals surface area contributed by atoms with Crippen molar-refractivity contribution < 1.29 is 5.11 Å². The van der Waals surface area contributed by atoms with Gasteiger partial charge in [0, 0.05) is 0 Å². The van der Waals surface area contributed by atoms with E-state index in [1.807, 2.05) is 13.8 Å². The van der Waals surface area contributed by atoms with Gasteiger partial charge >= 0.3 is 0 Å². The van der Waals surface area contributed by atoms with Crippen molar-refractivity contribution in [1.29, 1.82) is 0 Å². The van der Waals surface area contributed by atoms with Crippen molar-refractivity contribution in [1.82, 2.24) is 9.97 Å². The van der Waals surface area contributed by atoms with Crippen molar-refractivity contribution in [3.63, 3.8) is 0 Å². The fraction of sp³-hybridized carbons (Fsp3) is 0.556. The maximum Gasteiger partial charge on any atom is 0.239 e. The van der Waals surface area contributed by atoms with E-state index < -0.39 is 5.54 Å². The molecule has 1 aromatic rings. The fourth-order valence-electron chi connectivity index (χ4n) is 1.05. The summed E-state index contributed by atoms with van der Waals surface area (Å²) in [5.41, 5.74) is 1.86. The van der Waals surface area contributed by atoms with E-state index in [4.69, 9.17) is 17.4 Å². The molecule has 1 rings (SSSR count). The van der Waals surface area contributed by atoms with Gasteiger partial charge in [0.05, 0.1) is 18.3 Å². The molecule has 0 aliphatic rings. The van der Waals surface area contributed by atoms with Crippen molar-refractivity contribution in [2.45, 2.75) is 25.8 Å². The van der Waals surface area contributed by atoms with E-state index in [1.54, 1.807) is 0 Å². The highest BCUT2D eigenvalue weighted by molar-refractivity contribution is 6.32. The molecule has 0 aromatic carbocycles. The Labute approximate surface area is 99.2 Å². The Bertz CT molecular complexity index is 356. The molecule has 0 amide bonds. The van der Waals surface area contributed by atoms with Gasteiger partial charge in [0.25, 0.3) is 0 Å². The van der Waals surface area contributed by atoms with Gasteiger partial charge in [-0.25, -0.2) is 10.8 Å². The largest absolute Gasteiger partial charge is 0.394 e. The predicted octanol–water partition coefficient (Wildman–Crippen LogP) is 0.988. The van der Waals surface area contributed by atoms with Crippen LogP contribution in [0.5, 0.6) is 0 Å². The van der Waals surface area contributed by atoms with Gasteiger partial charge in [-0.05, 0) is 13.3 Å². The second kappa shape index (κ2) is 5.29. The van der Waals surface area contributed by atoms with Gasteiger partial charge in [0.2, 0.25) is 5.95 Å². The van der Waals surface area contributed by atoms with Gasteiger partial charge in [-0.2, -0.15) is 4.98 Å². The molecule has 1 atom stereocenters. The number of aliphatic hydroxyl groups is 1. The molecular formula is C9H16ClN5O. The monoisotopic (exact) mass is 245 g/mol. The minimum Gasteiger partial charge on any atom is -0.394 e. The Morgan fingerprint density at radius 1 is 1.62 bits per heavy atom. The van der Waals surface area contributed by atoms with E-state index in [0.29, 0.717) is 10.8 Å². The van der Waals surface area contributed by atoms with E-state index >= 15 is 0 Å². The standard InChI is InChI=1S/C9H16ClN5O/c1-3-9(2,5-16)14-7-6(10)4-12-8(13-7)15-11/h4,16H,3,5,11H2,1-2H3,(H2,12,13,14,15). The van der Waals surface area contributed by atoms with E-state index in [-0.39, 0.29) is 12.6 Å². The van der Waals surface area contributed by atoms with Gasteiger partial charge in [0.15, 0.2) is 5.82 Å². The number of nitrogens with zero attached hydrogens (tertiary/aromatic N) is 2. The zero-order valence-corrected chi connectivity index (χ0v) is 10.0. The minimum absolute atomic E-state index is 0.0186. The number of rotatable bonds is 5. The highest BCUT2D eigenvalue weighted by atomic mass is 35.5. The van der Waals surface area contributed by atoms with E-state index in [1.165, 1.54) is 6.20 Å². The molecule has 16 heavy (non-hydrogen) atoms. The summed E-state index contributed by atoms with van der Waals surface area (Å²) < 4.78 is 0. The number of aliphatic hydroxyl groups excluding tert-OH is 1. The number of hydrogen-bond acceptors (Lipinski definition) is 6. The van der Waals surface area contributed by atoms with Crippen LogP contribution < -0.4 is 16.6 Å². The summed E-state index contributed by atoms with van der Waals surface area (Å²) in [6.07, 6.45) is 2.18. The lowest BCUT2D eigenvalue weighted by Crippen LogP contribution is -2.38. The number of hydrogen-bond donors (Lipinski definition) is 4. The molecule has 1 heterocycles. The number of aromatic nitrogens is 2. The highest BCUT2D eigenvalue weighted by Gasteiger charge is 2.22. The molecule has 0 aliphatic heterocycles. The quantitative estimate of drug-likeness (QED) is 0.456. The van der Waals surface area contributed by atoms with Gasteiger partial charge < -0.3 is 10.4 Å². The number of nitrogens with two attached hydrogens (primary N) is 1. The lowest BCUT2D eigenvalue weighted by Gasteiger charge is -2.28. The van der Waals surface area contributed by atoms with Crippen LogP contribution >= 0.6 is 11.6 Å². The van der Waals surface area contributed by atoms with Gasteiger partial charge in [-0.1, -0.05) is 18.5 Å². The van der Waals surface area contributed by atoms with Crippen LogP contribution in [-0.4, -0.2) is 27.2 Å². The Morgan fingerprint density at radius 3 is 2.81 bits per heavy atom. The summed E-state index contributed by atoms with van der Waals surface area (Å²) in [6.45, 7) is 3.82. The first-order chi connectivity index (χ1) is 7.54. The normalized spacial score (nSPS) is 14.3. The fourth-order valence-corrected chi connectivity index (χ4v) is 1.19. The zero-order chi connectivity index (χ0) is 12.2. The molecule has 90 valence electrons. The third kappa shape index (κ3) is 2.94. The maximum atomic E-state index is 9.27. The molecule has 7 heteroatoms.